The fraction of sp³-hybridized carbons (Fsp3) is 0.207. The Morgan fingerprint density at radius 2 is 1.32 bits per heavy atom. The predicted molar refractivity (Wildman–Crippen MR) is 141 cm³/mol. The first-order valence-electron chi connectivity index (χ1n) is 12.4. The summed E-state index contributed by atoms with van der Waals surface area (Å²) in [6, 6.07) is 30.4. The molecule has 2 aromatic heterocycles. The third kappa shape index (κ3) is 3.93. The van der Waals surface area contributed by atoms with Crippen molar-refractivity contribution in [3.05, 3.63) is 120 Å². The van der Waals surface area contributed by atoms with Gasteiger partial charge in [-0.15, -0.1) is 0 Å². The molecule has 1 aliphatic rings. The number of aromatic nitrogens is 4. The van der Waals surface area contributed by atoms with Crippen LogP contribution in [0.25, 0.3) is 11.2 Å². The molecular formula is C29H27N5O4. The quantitative estimate of drug-likeness (QED) is 0.247. The highest BCUT2D eigenvalue weighted by Gasteiger charge is 2.44. The summed E-state index contributed by atoms with van der Waals surface area (Å²) in [6.07, 6.45) is -1.43. The third-order valence-corrected chi connectivity index (χ3v) is 7.08. The van der Waals surface area contributed by atoms with Crippen LogP contribution in [0.1, 0.15) is 22.9 Å². The molecule has 0 unspecified atom stereocenters. The van der Waals surface area contributed by atoms with Crippen LogP contribution < -0.4 is 5.32 Å². The highest BCUT2D eigenvalue weighted by Crippen LogP contribution is 2.41. The molecule has 4 atom stereocenters. The molecule has 0 spiro atoms. The molecule has 6 rings (SSSR count). The number of hydrogen-bond acceptors (Lipinski definition) is 8. The van der Waals surface area contributed by atoms with Gasteiger partial charge < -0.3 is 25.4 Å². The Labute approximate surface area is 219 Å². The summed E-state index contributed by atoms with van der Waals surface area (Å²) < 4.78 is 7.29. The fourth-order valence-electron chi connectivity index (χ4n) is 5.20. The van der Waals surface area contributed by atoms with E-state index in [1.54, 1.807) is 4.57 Å². The van der Waals surface area contributed by atoms with Gasteiger partial charge in [-0.3, -0.25) is 4.57 Å². The first-order chi connectivity index (χ1) is 18.6. The van der Waals surface area contributed by atoms with Crippen LogP contribution in [0, 0.1) is 0 Å². The van der Waals surface area contributed by atoms with E-state index in [1.807, 2.05) is 54.6 Å². The molecule has 5 aromatic rings. The molecule has 192 valence electrons. The average molecular weight is 510 g/mol. The summed E-state index contributed by atoms with van der Waals surface area (Å²) in [7, 11) is 0. The van der Waals surface area contributed by atoms with Crippen LogP contribution in [0.15, 0.2) is 104 Å². The van der Waals surface area contributed by atoms with Gasteiger partial charge >= 0.3 is 0 Å². The first-order valence-corrected chi connectivity index (χ1v) is 12.4. The number of hydrogen-bond donors (Lipinski definition) is 4. The Hall–Kier alpha value is -4.15. The smallest absolute Gasteiger partial charge is 0.167 e. The van der Waals surface area contributed by atoms with Gasteiger partial charge in [-0.25, -0.2) is 15.0 Å². The van der Waals surface area contributed by atoms with E-state index in [0.717, 1.165) is 16.7 Å². The minimum Gasteiger partial charge on any atom is -0.394 e. The summed E-state index contributed by atoms with van der Waals surface area (Å²) in [4.78, 5) is 13.6. The maximum atomic E-state index is 10.6. The molecule has 0 saturated carbocycles. The van der Waals surface area contributed by atoms with Gasteiger partial charge in [0, 0.05) is 0 Å². The lowest BCUT2D eigenvalue weighted by Gasteiger charge is -2.37. The van der Waals surface area contributed by atoms with Crippen LogP contribution in [0.2, 0.25) is 0 Å². The third-order valence-electron chi connectivity index (χ3n) is 7.08. The average Bonchev–Trinajstić information content (AvgIpc) is 3.54. The van der Waals surface area contributed by atoms with Crippen LogP contribution >= 0.6 is 0 Å². The molecule has 3 aromatic carbocycles. The molecule has 9 nitrogen and oxygen atoms in total. The van der Waals surface area contributed by atoms with E-state index in [9.17, 15) is 15.3 Å². The summed E-state index contributed by atoms with van der Waals surface area (Å²) >= 11 is 0. The van der Waals surface area contributed by atoms with Gasteiger partial charge in [-0.05, 0) is 16.7 Å². The number of ether oxygens (including phenoxy) is 1. The van der Waals surface area contributed by atoms with Gasteiger partial charge in [0.25, 0.3) is 0 Å². The van der Waals surface area contributed by atoms with E-state index in [0.29, 0.717) is 17.0 Å². The van der Waals surface area contributed by atoms with Gasteiger partial charge in [-0.2, -0.15) is 0 Å². The Morgan fingerprint density at radius 1 is 0.763 bits per heavy atom. The van der Waals surface area contributed by atoms with Crippen molar-refractivity contribution < 1.29 is 20.1 Å². The zero-order valence-corrected chi connectivity index (χ0v) is 20.4. The predicted octanol–water partition coefficient (Wildman–Crippen LogP) is 2.84. The van der Waals surface area contributed by atoms with Gasteiger partial charge in [0.05, 0.1) is 12.9 Å². The number of nitrogens with one attached hydrogen (secondary N) is 1. The molecule has 1 aliphatic heterocycles. The van der Waals surface area contributed by atoms with Gasteiger partial charge in [-0.1, -0.05) is 91.0 Å². The van der Waals surface area contributed by atoms with Crippen molar-refractivity contribution in [2.75, 3.05) is 11.9 Å². The van der Waals surface area contributed by atoms with Crippen molar-refractivity contribution in [2.24, 2.45) is 0 Å². The Bertz CT molecular complexity index is 1420. The molecule has 1 saturated heterocycles. The Morgan fingerprint density at radius 3 is 1.82 bits per heavy atom. The van der Waals surface area contributed by atoms with Crippen LogP contribution in [0.3, 0.4) is 0 Å². The SMILES string of the molecule is OC[C@H]1O[C@@H](n2cnc3c(NC(c4ccccc4)(c4ccccc4)c4ccccc4)ncnc32)[C@H](O)[C@@H]1O. The maximum Gasteiger partial charge on any atom is 0.167 e. The highest BCUT2D eigenvalue weighted by molar-refractivity contribution is 5.84. The standard InChI is InChI=1S/C29H27N5O4/c35-16-22-24(36)25(37)28(38-22)34-18-32-23-26(30-17-31-27(23)34)33-29(19-10-4-1-5-11-19,20-12-6-2-7-13-20)21-14-8-3-9-15-21/h1-15,17-18,22,24-25,28,35-37H,16H2,(H,30,31,33)/t22-,24-,25-,28-/m1/s1. The van der Waals surface area contributed by atoms with E-state index in [4.69, 9.17) is 4.74 Å². The molecule has 0 aliphatic carbocycles. The highest BCUT2D eigenvalue weighted by atomic mass is 16.6. The van der Waals surface area contributed by atoms with Crippen molar-refractivity contribution in [1.82, 2.24) is 19.5 Å². The largest absolute Gasteiger partial charge is 0.394 e. The van der Waals surface area contributed by atoms with Gasteiger partial charge in [0.15, 0.2) is 23.2 Å². The lowest BCUT2D eigenvalue weighted by Crippen LogP contribution is -2.38. The number of fused-ring (bicyclic) bond motifs is 1. The molecular weight excluding hydrogens is 482 g/mol. The molecule has 0 amide bonds. The number of anilines is 1. The number of benzene rings is 3. The van der Waals surface area contributed by atoms with E-state index in [-0.39, 0.29) is 0 Å². The van der Waals surface area contributed by atoms with E-state index < -0.39 is 36.7 Å². The van der Waals surface area contributed by atoms with Crippen molar-refractivity contribution in [2.45, 2.75) is 30.1 Å². The summed E-state index contributed by atoms with van der Waals surface area (Å²) in [5.74, 6) is 0.483. The molecule has 38 heavy (non-hydrogen) atoms. The Balaban J connectivity index is 1.52. The summed E-state index contributed by atoms with van der Waals surface area (Å²) in [5.41, 5.74) is 3.08. The first kappa shape index (κ1) is 24.2. The number of nitrogens with zero attached hydrogens (tertiary/aromatic N) is 4. The van der Waals surface area contributed by atoms with Crippen molar-refractivity contribution in [1.29, 1.82) is 0 Å². The lowest BCUT2D eigenvalue weighted by atomic mass is 9.77. The second-order valence-corrected chi connectivity index (χ2v) is 9.25. The molecule has 1 fully saturated rings. The van der Waals surface area contributed by atoms with Crippen molar-refractivity contribution >= 4 is 17.0 Å². The minimum absolute atomic E-state index is 0.417. The topological polar surface area (TPSA) is 126 Å². The van der Waals surface area contributed by atoms with Crippen LogP contribution in [-0.2, 0) is 10.3 Å². The second kappa shape index (κ2) is 9.96. The summed E-state index contributed by atoms with van der Waals surface area (Å²) in [6.45, 7) is -0.420. The molecule has 0 radical (unpaired) electrons. The number of imidazole rings is 1. The zero-order chi connectivity index (χ0) is 26.1. The molecule has 9 heteroatoms. The summed E-state index contributed by atoms with van der Waals surface area (Å²) in [5, 5.41) is 34.1. The minimum atomic E-state index is -1.26. The van der Waals surface area contributed by atoms with Gasteiger partial charge in [0.2, 0.25) is 0 Å². The number of aliphatic hydroxyl groups is 3. The second-order valence-electron chi connectivity index (χ2n) is 9.25. The molecule has 4 N–H and O–H groups in total. The number of aliphatic hydroxyl groups excluding tert-OH is 3. The zero-order valence-electron chi connectivity index (χ0n) is 20.4. The number of rotatable bonds is 7. The van der Waals surface area contributed by atoms with Crippen LogP contribution in [-0.4, -0.2) is 59.8 Å². The van der Waals surface area contributed by atoms with Crippen LogP contribution in [0.5, 0.6) is 0 Å². The normalized spacial score (nSPS) is 21.6. The molecule has 3 heterocycles. The monoisotopic (exact) mass is 509 g/mol. The van der Waals surface area contributed by atoms with E-state index in [2.05, 4.69) is 56.7 Å². The Kier molecular flexibility index (Phi) is 6.34. The van der Waals surface area contributed by atoms with Crippen molar-refractivity contribution in [3.8, 4) is 0 Å². The maximum absolute atomic E-state index is 10.6. The van der Waals surface area contributed by atoms with E-state index in [1.165, 1.54) is 12.7 Å². The van der Waals surface area contributed by atoms with Crippen LogP contribution in [0.4, 0.5) is 5.82 Å². The molecule has 0 bridgehead atoms. The van der Waals surface area contributed by atoms with E-state index >= 15 is 0 Å². The van der Waals surface area contributed by atoms with Crippen molar-refractivity contribution in [3.63, 3.8) is 0 Å². The fourth-order valence-corrected chi connectivity index (χ4v) is 5.20. The van der Waals surface area contributed by atoms with Gasteiger partial charge in [0.1, 0.15) is 30.2 Å². The lowest BCUT2D eigenvalue weighted by molar-refractivity contribution is -0.0511.